The van der Waals surface area contributed by atoms with Gasteiger partial charge in [-0.25, -0.2) is 13.1 Å². The van der Waals surface area contributed by atoms with Gasteiger partial charge in [-0.2, -0.15) is 0 Å². The van der Waals surface area contributed by atoms with E-state index in [1.165, 1.54) is 6.92 Å². The van der Waals surface area contributed by atoms with Gasteiger partial charge >= 0.3 is 0 Å². The number of pyridine rings is 1. The summed E-state index contributed by atoms with van der Waals surface area (Å²) in [4.78, 5) is 4.03. The predicted octanol–water partition coefficient (Wildman–Crippen LogP) is 0.484. The minimum atomic E-state index is -3.51. The largest absolute Gasteiger partial charge is 0.392 e. The quantitative estimate of drug-likeness (QED) is 0.762. The van der Waals surface area contributed by atoms with Crippen molar-refractivity contribution in [3.63, 3.8) is 0 Å². The Morgan fingerprint density at radius 2 is 2.24 bits per heavy atom. The average molecular weight is 273 g/mol. The second-order valence-corrected chi connectivity index (χ2v) is 6.28. The number of thiocarbonyl (C=S) groups is 1. The van der Waals surface area contributed by atoms with E-state index in [1.807, 2.05) is 19.1 Å². The van der Waals surface area contributed by atoms with E-state index < -0.39 is 15.3 Å². The molecule has 1 atom stereocenters. The Labute approximate surface area is 106 Å². The van der Waals surface area contributed by atoms with Gasteiger partial charge in [0.2, 0.25) is 10.0 Å². The van der Waals surface area contributed by atoms with E-state index in [2.05, 4.69) is 21.9 Å². The maximum atomic E-state index is 11.7. The lowest BCUT2D eigenvalue weighted by atomic mass is 10.2. The van der Waals surface area contributed by atoms with E-state index in [0.717, 1.165) is 11.3 Å². The fraction of sp³-hybridized carbons (Fsp3) is 0.400. The molecule has 1 unspecified atom stereocenters. The van der Waals surface area contributed by atoms with Crippen LogP contribution in [0.5, 0.6) is 0 Å². The monoisotopic (exact) mass is 273 g/mol. The smallest absolute Gasteiger partial charge is 0.221 e. The van der Waals surface area contributed by atoms with E-state index in [0.29, 0.717) is 0 Å². The number of rotatable bonds is 5. The number of sulfonamides is 1. The highest BCUT2D eigenvalue weighted by atomic mass is 32.2. The summed E-state index contributed by atoms with van der Waals surface area (Å²) >= 11 is 4.66. The van der Waals surface area contributed by atoms with E-state index in [-0.39, 0.29) is 11.5 Å². The Hall–Kier alpha value is -1.05. The Morgan fingerprint density at radius 3 is 2.71 bits per heavy atom. The van der Waals surface area contributed by atoms with E-state index in [1.54, 1.807) is 6.20 Å². The van der Waals surface area contributed by atoms with Gasteiger partial charge in [0.05, 0.1) is 4.99 Å². The molecule has 7 heteroatoms. The number of nitrogens with two attached hydrogens (primary N) is 1. The van der Waals surface area contributed by atoms with Crippen LogP contribution in [0.15, 0.2) is 18.3 Å². The maximum absolute atomic E-state index is 11.7. The molecule has 0 saturated heterocycles. The van der Waals surface area contributed by atoms with Gasteiger partial charge in [-0.15, -0.1) is 0 Å². The average Bonchev–Trinajstić information content (AvgIpc) is 2.27. The summed E-state index contributed by atoms with van der Waals surface area (Å²) in [6.07, 6.45) is 1.63. The lowest BCUT2D eigenvalue weighted by Gasteiger charge is -2.12. The first-order valence-corrected chi connectivity index (χ1v) is 6.97. The molecule has 0 aliphatic carbocycles. The number of nitrogens with one attached hydrogen (secondary N) is 1. The highest BCUT2D eigenvalue weighted by molar-refractivity contribution is 7.93. The Kier molecular flexibility index (Phi) is 4.55. The topological polar surface area (TPSA) is 85.1 Å². The van der Waals surface area contributed by atoms with Gasteiger partial charge in [0, 0.05) is 18.4 Å². The normalized spacial score (nSPS) is 13.3. The number of aromatic nitrogens is 1. The zero-order chi connectivity index (χ0) is 13.1. The highest BCUT2D eigenvalue weighted by Gasteiger charge is 2.22. The van der Waals surface area contributed by atoms with Crippen LogP contribution >= 0.6 is 12.2 Å². The maximum Gasteiger partial charge on any atom is 0.221 e. The van der Waals surface area contributed by atoms with Gasteiger partial charge < -0.3 is 5.73 Å². The predicted molar refractivity (Wildman–Crippen MR) is 71.0 cm³/mol. The zero-order valence-corrected chi connectivity index (χ0v) is 11.3. The summed E-state index contributed by atoms with van der Waals surface area (Å²) in [5.74, 6) is 0. The summed E-state index contributed by atoms with van der Waals surface area (Å²) in [7, 11) is -3.51. The van der Waals surface area contributed by atoms with Crippen molar-refractivity contribution in [3.8, 4) is 0 Å². The standard InChI is InChI=1S/C10H15N3O2S2/c1-7-3-4-9(5-12-7)6-13-17(14,15)8(2)10(11)16/h3-5,8,13H,6H2,1-2H3,(H2,11,16). The molecule has 0 saturated carbocycles. The number of hydrogen-bond acceptors (Lipinski definition) is 4. The summed E-state index contributed by atoms with van der Waals surface area (Å²) < 4.78 is 25.9. The molecule has 0 bridgehead atoms. The molecule has 1 aromatic rings. The van der Waals surface area contributed by atoms with Gasteiger partial charge in [-0.05, 0) is 25.5 Å². The Balaban J connectivity index is 2.68. The molecule has 1 heterocycles. The Bertz CT molecular complexity index is 497. The van der Waals surface area contributed by atoms with Gasteiger partial charge in [-0.1, -0.05) is 18.3 Å². The number of aryl methyl sites for hydroxylation is 1. The fourth-order valence-corrected chi connectivity index (χ4v) is 2.37. The molecular weight excluding hydrogens is 258 g/mol. The third kappa shape index (κ3) is 4.03. The van der Waals surface area contributed by atoms with Gasteiger partial charge in [0.15, 0.2) is 0 Å². The van der Waals surface area contributed by atoms with Crippen molar-refractivity contribution in [2.45, 2.75) is 25.6 Å². The molecule has 0 radical (unpaired) electrons. The minimum absolute atomic E-state index is 0.0421. The van der Waals surface area contributed by atoms with Gasteiger partial charge in [0.25, 0.3) is 0 Å². The molecule has 3 N–H and O–H groups in total. The van der Waals surface area contributed by atoms with Crippen molar-refractivity contribution < 1.29 is 8.42 Å². The molecule has 0 fully saturated rings. The highest BCUT2D eigenvalue weighted by Crippen LogP contribution is 2.03. The van der Waals surface area contributed by atoms with Crippen LogP contribution in [0.25, 0.3) is 0 Å². The van der Waals surface area contributed by atoms with E-state index >= 15 is 0 Å². The van der Waals surface area contributed by atoms with Crippen LogP contribution in [0, 0.1) is 6.92 Å². The number of hydrogen-bond donors (Lipinski definition) is 2. The van der Waals surface area contributed by atoms with Crippen LogP contribution in [-0.4, -0.2) is 23.6 Å². The summed E-state index contributed by atoms with van der Waals surface area (Å²) in [5, 5.41) is -0.879. The molecule has 0 aromatic carbocycles. The molecule has 17 heavy (non-hydrogen) atoms. The summed E-state index contributed by atoms with van der Waals surface area (Å²) in [6.45, 7) is 3.50. The lowest BCUT2D eigenvalue weighted by molar-refractivity contribution is 0.578. The minimum Gasteiger partial charge on any atom is -0.392 e. The molecular formula is C10H15N3O2S2. The van der Waals surface area contributed by atoms with Gasteiger partial charge in [-0.3, -0.25) is 4.98 Å². The van der Waals surface area contributed by atoms with E-state index in [9.17, 15) is 8.42 Å². The van der Waals surface area contributed by atoms with Crippen LogP contribution in [0.1, 0.15) is 18.2 Å². The second kappa shape index (κ2) is 5.52. The first kappa shape index (κ1) is 14.0. The van der Waals surface area contributed by atoms with Crippen LogP contribution in [0.2, 0.25) is 0 Å². The molecule has 5 nitrogen and oxygen atoms in total. The molecule has 0 aliphatic rings. The van der Waals surface area contributed by atoms with Crippen LogP contribution in [-0.2, 0) is 16.6 Å². The SMILES string of the molecule is Cc1ccc(CNS(=O)(=O)C(C)C(N)=S)cn1. The van der Waals surface area contributed by atoms with Crippen LogP contribution in [0.3, 0.4) is 0 Å². The first-order valence-electron chi connectivity index (χ1n) is 5.02. The fourth-order valence-electron chi connectivity index (χ4n) is 1.06. The molecule has 0 amide bonds. The lowest BCUT2D eigenvalue weighted by Crippen LogP contribution is -2.39. The third-order valence-corrected chi connectivity index (χ3v) is 4.55. The molecule has 0 aliphatic heterocycles. The van der Waals surface area contributed by atoms with Gasteiger partial charge in [0.1, 0.15) is 5.25 Å². The molecule has 1 aromatic heterocycles. The van der Waals surface area contributed by atoms with E-state index in [4.69, 9.17) is 5.73 Å². The van der Waals surface area contributed by atoms with Crippen molar-refractivity contribution in [3.05, 3.63) is 29.6 Å². The molecule has 1 rings (SSSR count). The Morgan fingerprint density at radius 1 is 1.59 bits per heavy atom. The molecule has 0 spiro atoms. The molecule has 94 valence electrons. The summed E-state index contributed by atoms with van der Waals surface area (Å²) in [6, 6.07) is 3.64. The van der Waals surface area contributed by atoms with Crippen molar-refractivity contribution >= 4 is 27.2 Å². The first-order chi connectivity index (χ1) is 7.83. The van der Waals surface area contributed by atoms with Crippen LogP contribution < -0.4 is 10.5 Å². The van der Waals surface area contributed by atoms with Crippen molar-refractivity contribution in [1.82, 2.24) is 9.71 Å². The number of nitrogens with zero attached hydrogens (tertiary/aromatic N) is 1. The van der Waals surface area contributed by atoms with Crippen molar-refractivity contribution in [2.24, 2.45) is 5.73 Å². The van der Waals surface area contributed by atoms with Crippen LogP contribution in [0.4, 0.5) is 0 Å². The summed E-state index contributed by atoms with van der Waals surface area (Å²) in [5.41, 5.74) is 6.98. The zero-order valence-electron chi connectivity index (χ0n) is 9.67. The van der Waals surface area contributed by atoms with Crippen molar-refractivity contribution in [2.75, 3.05) is 0 Å². The second-order valence-electron chi connectivity index (χ2n) is 3.72. The third-order valence-electron chi connectivity index (χ3n) is 2.32. The van der Waals surface area contributed by atoms with Crippen molar-refractivity contribution in [1.29, 1.82) is 0 Å².